The second kappa shape index (κ2) is 4.79. The Morgan fingerprint density at radius 1 is 1.38 bits per heavy atom. The minimum absolute atomic E-state index is 0.563. The summed E-state index contributed by atoms with van der Waals surface area (Å²) in [6, 6.07) is 3.78. The van der Waals surface area contributed by atoms with Crippen LogP contribution in [-0.4, -0.2) is 20.4 Å². The van der Waals surface area contributed by atoms with Crippen LogP contribution in [0.3, 0.4) is 0 Å². The second-order valence-corrected chi connectivity index (χ2v) is 3.07. The molecule has 0 fully saturated rings. The maximum Gasteiger partial charge on any atom is 0.181 e. The van der Waals surface area contributed by atoms with Crippen LogP contribution in [0.4, 0.5) is 5.69 Å². The van der Waals surface area contributed by atoms with Gasteiger partial charge in [0.25, 0.3) is 0 Å². The van der Waals surface area contributed by atoms with Gasteiger partial charge in [-0.2, -0.15) is 5.26 Å². The highest BCUT2D eigenvalue weighted by Crippen LogP contribution is 2.13. The van der Waals surface area contributed by atoms with Gasteiger partial charge in [-0.25, -0.2) is 0 Å². The van der Waals surface area contributed by atoms with E-state index in [2.05, 4.69) is 25.7 Å². The van der Waals surface area contributed by atoms with Crippen molar-refractivity contribution in [1.82, 2.24) is 20.4 Å². The van der Waals surface area contributed by atoms with Crippen molar-refractivity contribution in [2.45, 2.75) is 6.42 Å². The molecule has 6 heteroatoms. The van der Waals surface area contributed by atoms with Crippen LogP contribution >= 0.6 is 0 Å². The lowest BCUT2D eigenvalue weighted by Gasteiger charge is -2.03. The largest absolute Gasteiger partial charge is 0.289 e. The van der Waals surface area contributed by atoms with Gasteiger partial charge >= 0.3 is 0 Å². The maximum absolute atomic E-state index is 8.56. The van der Waals surface area contributed by atoms with Gasteiger partial charge in [-0.3, -0.25) is 10.3 Å². The van der Waals surface area contributed by atoms with E-state index < -0.39 is 0 Å². The van der Waals surface area contributed by atoms with E-state index in [1.165, 1.54) is 6.20 Å². The van der Waals surface area contributed by atoms with Crippen molar-refractivity contribution in [3.05, 3.63) is 42.0 Å². The number of nitrogens with zero attached hydrogens (tertiary/aromatic N) is 5. The van der Waals surface area contributed by atoms with Crippen molar-refractivity contribution in [3.63, 3.8) is 0 Å². The molecular weight excluding hydrogens is 204 g/mol. The van der Waals surface area contributed by atoms with E-state index in [-0.39, 0.29) is 0 Å². The third kappa shape index (κ3) is 2.27. The van der Waals surface area contributed by atoms with Crippen LogP contribution in [0, 0.1) is 11.5 Å². The molecule has 0 bridgehead atoms. The maximum atomic E-state index is 8.56. The third-order valence-corrected chi connectivity index (χ3v) is 2.00. The van der Waals surface area contributed by atoms with Crippen molar-refractivity contribution < 1.29 is 0 Å². The highest BCUT2D eigenvalue weighted by Gasteiger charge is 2.05. The molecule has 0 saturated carbocycles. The van der Waals surface area contributed by atoms with Crippen molar-refractivity contribution in [3.8, 4) is 6.19 Å². The summed E-state index contributed by atoms with van der Waals surface area (Å²) in [7, 11) is 0. The molecule has 0 atom stereocenters. The first-order chi connectivity index (χ1) is 7.90. The van der Waals surface area contributed by atoms with E-state index in [1.807, 2.05) is 18.3 Å². The van der Waals surface area contributed by atoms with E-state index in [4.69, 9.17) is 5.26 Å². The summed E-state index contributed by atoms with van der Waals surface area (Å²) in [4.78, 5) is 4.01. The molecule has 0 saturated heterocycles. The van der Waals surface area contributed by atoms with Crippen LogP contribution in [0.2, 0.25) is 0 Å². The lowest BCUT2D eigenvalue weighted by Crippen LogP contribution is -2.02. The van der Waals surface area contributed by atoms with E-state index in [1.54, 1.807) is 12.4 Å². The van der Waals surface area contributed by atoms with E-state index >= 15 is 0 Å². The van der Waals surface area contributed by atoms with Crippen LogP contribution < -0.4 is 5.32 Å². The zero-order valence-corrected chi connectivity index (χ0v) is 8.33. The molecule has 0 aromatic carbocycles. The highest BCUT2D eigenvalue weighted by molar-refractivity contribution is 5.49. The smallest absolute Gasteiger partial charge is 0.181 e. The van der Waals surface area contributed by atoms with E-state index in [0.717, 1.165) is 5.56 Å². The third-order valence-electron chi connectivity index (χ3n) is 2.00. The number of nitriles is 1. The Morgan fingerprint density at radius 3 is 3.06 bits per heavy atom. The first-order valence-corrected chi connectivity index (χ1v) is 4.61. The summed E-state index contributed by atoms with van der Waals surface area (Å²) in [5.74, 6) is 0. The molecule has 0 spiro atoms. The standard InChI is InChI=1S/C10H8N6/c11-7-13-10-6-14-16-15-9(10)4-8-2-1-3-12-5-8/h1-3,5-6H,4H2,(H,13,16). The molecule has 0 aliphatic carbocycles. The summed E-state index contributed by atoms with van der Waals surface area (Å²) in [6.07, 6.45) is 7.33. The molecule has 0 amide bonds. The summed E-state index contributed by atoms with van der Waals surface area (Å²) >= 11 is 0. The Kier molecular flexibility index (Phi) is 2.99. The van der Waals surface area contributed by atoms with Gasteiger partial charge in [-0.15, -0.1) is 10.2 Å². The number of hydrogen-bond acceptors (Lipinski definition) is 6. The molecule has 0 aliphatic rings. The molecule has 16 heavy (non-hydrogen) atoms. The highest BCUT2D eigenvalue weighted by atomic mass is 15.3. The van der Waals surface area contributed by atoms with Gasteiger partial charge in [-0.05, 0) is 16.8 Å². The normalized spacial score (nSPS) is 9.44. The van der Waals surface area contributed by atoms with E-state index in [0.29, 0.717) is 17.8 Å². The Balaban J connectivity index is 2.25. The number of anilines is 1. The molecule has 2 rings (SSSR count). The number of rotatable bonds is 3. The molecule has 78 valence electrons. The summed E-state index contributed by atoms with van der Waals surface area (Å²) in [6.45, 7) is 0. The quantitative estimate of drug-likeness (QED) is 0.596. The lowest BCUT2D eigenvalue weighted by molar-refractivity contribution is 0.823. The predicted molar refractivity (Wildman–Crippen MR) is 56.1 cm³/mol. The van der Waals surface area contributed by atoms with Gasteiger partial charge in [0, 0.05) is 18.8 Å². The minimum atomic E-state index is 0.563. The number of nitrogens with one attached hydrogen (secondary N) is 1. The second-order valence-electron chi connectivity index (χ2n) is 3.07. The average molecular weight is 212 g/mol. The summed E-state index contributed by atoms with van der Waals surface area (Å²) in [5, 5.41) is 22.1. The average Bonchev–Trinajstić information content (AvgIpc) is 2.33. The zero-order valence-electron chi connectivity index (χ0n) is 8.33. The van der Waals surface area contributed by atoms with Gasteiger partial charge < -0.3 is 0 Å². The number of hydrogen-bond donors (Lipinski definition) is 1. The first kappa shape index (κ1) is 9.98. The topological polar surface area (TPSA) is 87.4 Å². The molecule has 2 aromatic rings. The van der Waals surface area contributed by atoms with E-state index in [9.17, 15) is 0 Å². The first-order valence-electron chi connectivity index (χ1n) is 4.61. The molecular formula is C10H8N6. The summed E-state index contributed by atoms with van der Waals surface area (Å²) < 4.78 is 0. The van der Waals surface area contributed by atoms with Gasteiger partial charge in [0.05, 0.1) is 17.6 Å². The Labute approximate surface area is 92.0 Å². The fourth-order valence-electron chi connectivity index (χ4n) is 1.28. The van der Waals surface area contributed by atoms with Gasteiger partial charge in [0.15, 0.2) is 6.19 Å². The number of pyridine rings is 1. The molecule has 1 N–H and O–H groups in total. The fourth-order valence-corrected chi connectivity index (χ4v) is 1.28. The van der Waals surface area contributed by atoms with Crippen LogP contribution in [0.5, 0.6) is 0 Å². The monoisotopic (exact) mass is 212 g/mol. The lowest BCUT2D eigenvalue weighted by atomic mass is 10.1. The van der Waals surface area contributed by atoms with Crippen LogP contribution in [0.15, 0.2) is 30.7 Å². The van der Waals surface area contributed by atoms with Crippen LogP contribution in [0.25, 0.3) is 0 Å². The zero-order chi connectivity index (χ0) is 11.2. The van der Waals surface area contributed by atoms with Crippen molar-refractivity contribution in [2.75, 3.05) is 5.32 Å². The molecule has 2 heterocycles. The van der Waals surface area contributed by atoms with Crippen LogP contribution in [0.1, 0.15) is 11.3 Å². The minimum Gasteiger partial charge on any atom is -0.289 e. The molecule has 2 aromatic heterocycles. The van der Waals surface area contributed by atoms with Crippen molar-refractivity contribution >= 4 is 5.69 Å². The van der Waals surface area contributed by atoms with Crippen molar-refractivity contribution in [1.29, 1.82) is 5.26 Å². The fraction of sp³-hybridized carbons (Fsp3) is 0.100. The number of aromatic nitrogens is 4. The summed E-state index contributed by atoms with van der Waals surface area (Å²) in [5.41, 5.74) is 2.25. The van der Waals surface area contributed by atoms with Crippen LogP contribution in [-0.2, 0) is 6.42 Å². The van der Waals surface area contributed by atoms with Gasteiger partial charge in [-0.1, -0.05) is 6.07 Å². The van der Waals surface area contributed by atoms with Gasteiger partial charge in [0.2, 0.25) is 0 Å². The molecule has 0 aliphatic heterocycles. The Morgan fingerprint density at radius 2 is 2.31 bits per heavy atom. The Hall–Kier alpha value is -2.55. The molecule has 6 nitrogen and oxygen atoms in total. The molecule has 0 unspecified atom stereocenters. The van der Waals surface area contributed by atoms with Crippen molar-refractivity contribution in [2.24, 2.45) is 0 Å². The SMILES string of the molecule is N#CNc1cnnnc1Cc1cccnc1. The molecule has 0 radical (unpaired) electrons. The van der Waals surface area contributed by atoms with Gasteiger partial charge in [0.1, 0.15) is 0 Å². The predicted octanol–water partition coefficient (Wildman–Crippen LogP) is 0.750. The Bertz CT molecular complexity index is 504.